The van der Waals surface area contributed by atoms with Crippen molar-refractivity contribution in [2.24, 2.45) is 5.92 Å². The van der Waals surface area contributed by atoms with E-state index in [0.29, 0.717) is 6.54 Å². The maximum absolute atomic E-state index is 12.6. The van der Waals surface area contributed by atoms with Crippen LogP contribution in [0.15, 0.2) is 24.3 Å². The van der Waals surface area contributed by atoms with Crippen LogP contribution in [-0.2, 0) is 11.0 Å². The number of anilines is 1. The molecule has 0 atom stereocenters. The molecular weight excluding hydrogens is 343 g/mol. The van der Waals surface area contributed by atoms with Crippen molar-refractivity contribution < 1.29 is 18.0 Å². The Morgan fingerprint density at radius 1 is 1.23 bits per heavy atom. The number of piperidine rings is 1. The molecule has 1 aliphatic heterocycles. The van der Waals surface area contributed by atoms with Gasteiger partial charge in [-0.15, -0.1) is 0 Å². The number of nitrogens with one attached hydrogen (secondary N) is 2. The van der Waals surface area contributed by atoms with Crippen molar-refractivity contribution in [3.8, 4) is 0 Å². The number of nitrogens with zero attached hydrogens (tertiary/aromatic N) is 1. The minimum absolute atomic E-state index is 0.0364. The first-order valence-corrected chi connectivity index (χ1v) is 9.25. The average molecular weight is 371 g/mol. The molecule has 0 unspecified atom stereocenters. The van der Waals surface area contributed by atoms with Crippen LogP contribution in [0, 0.1) is 5.92 Å². The summed E-state index contributed by atoms with van der Waals surface area (Å²) in [6.45, 7) is 6.23. The van der Waals surface area contributed by atoms with Gasteiger partial charge in [-0.1, -0.05) is 13.0 Å². The number of halogens is 3. The Morgan fingerprint density at radius 2 is 1.96 bits per heavy atom. The largest absolute Gasteiger partial charge is 0.416 e. The minimum Gasteiger partial charge on any atom is -0.376 e. The third-order valence-electron chi connectivity index (χ3n) is 4.74. The molecule has 1 amide bonds. The second-order valence-corrected chi connectivity index (χ2v) is 7.01. The van der Waals surface area contributed by atoms with Gasteiger partial charge in [0.2, 0.25) is 5.91 Å². The second-order valence-electron chi connectivity index (χ2n) is 7.01. The number of carbonyl (C=O) groups excluding carboxylic acids is 1. The highest BCUT2D eigenvalue weighted by Crippen LogP contribution is 2.30. The quantitative estimate of drug-likeness (QED) is 0.684. The Morgan fingerprint density at radius 3 is 2.65 bits per heavy atom. The molecule has 1 saturated heterocycles. The van der Waals surface area contributed by atoms with Gasteiger partial charge in [-0.05, 0) is 69.4 Å². The topological polar surface area (TPSA) is 44.4 Å². The van der Waals surface area contributed by atoms with Gasteiger partial charge in [-0.25, -0.2) is 0 Å². The fraction of sp³-hybridized carbons (Fsp3) is 0.632. The molecule has 146 valence electrons. The normalized spacial score (nSPS) is 16.5. The molecule has 1 heterocycles. The number of rotatable bonds is 8. The van der Waals surface area contributed by atoms with Crippen LogP contribution in [0.2, 0.25) is 0 Å². The van der Waals surface area contributed by atoms with Crippen molar-refractivity contribution in [2.75, 3.05) is 38.0 Å². The zero-order valence-corrected chi connectivity index (χ0v) is 15.2. The Kier molecular flexibility index (Phi) is 7.75. The molecule has 2 rings (SSSR count). The van der Waals surface area contributed by atoms with Crippen LogP contribution in [0.3, 0.4) is 0 Å². The summed E-state index contributed by atoms with van der Waals surface area (Å²) in [6, 6.07) is 4.85. The van der Waals surface area contributed by atoms with E-state index in [4.69, 9.17) is 0 Å². The van der Waals surface area contributed by atoms with Crippen molar-refractivity contribution in [3.05, 3.63) is 29.8 Å². The highest BCUT2D eigenvalue weighted by Gasteiger charge is 2.30. The van der Waals surface area contributed by atoms with Crippen molar-refractivity contribution in [2.45, 2.75) is 38.8 Å². The fourth-order valence-corrected chi connectivity index (χ4v) is 3.02. The Labute approximate surface area is 153 Å². The zero-order valence-electron chi connectivity index (χ0n) is 15.2. The number of hydrogen-bond acceptors (Lipinski definition) is 3. The van der Waals surface area contributed by atoms with Crippen LogP contribution >= 0.6 is 0 Å². The average Bonchev–Trinajstić information content (AvgIpc) is 2.61. The Bertz CT molecular complexity index is 569. The van der Waals surface area contributed by atoms with E-state index in [9.17, 15) is 18.0 Å². The lowest BCUT2D eigenvalue weighted by atomic mass is 9.99. The standard InChI is InChI=1S/C19H28F3N3O/c1-15-7-11-25(12-8-15)10-3-2-9-23-18(26)14-24-17-6-4-5-16(13-17)19(20,21)22/h4-6,13,15,24H,2-3,7-12,14H2,1H3,(H,23,26). The van der Waals surface area contributed by atoms with E-state index in [-0.39, 0.29) is 18.1 Å². The summed E-state index contributed by atoms with van der Waals surface area (Å²) < 4.78 is 37.9. The molecule has 1 aromatic carbocycles. The van der Waals surface area contributed by atoms with Crippen molar-refractivity contribution in [1.82, 2.24) is 10.2 Å². The first-order valence-electron chi connectivity index (χ1n) is 9.25. The third kappa shape index (κ3) is 7.23. The predicted molar refractivity (Wildman–Crippen MR) is 97.0 cm³/mol. The number of amides is 1. The highest BCUT2D eigenvalue weighted by molar-refractivity contribution is 5.80. The minimum atomic E-state index is -4.38. The summed E-state index contributed by atoms with van der Waals surface area (Å²) >= 11 is 0. The number of alkyl halides is 3. The molecule has 0 spiro atoms. The van der Waals surface area contributed by atoms with Crippen LogP contribution < -0.4 is 10.6 Å². The molecular formula is C19H28F3N3O. The Hall–Kier alpha value is -1.76. The van der Waals surface area contributed by atoms with Crippen LogP contribution in [0.25, 0.3) is 0 Å². The summed E-state index contributed by atoms with van der Waals surface area (Å²) in [5.74, 6) is 0.615. The van der Waals surface area contributed by atoms with Crippen molar-refractivity contribution in [1.29, 1.82) is 0 Å². The molecule has 1 fully saturated rings. The molecule has 1 aromatic rings. The molecule has 26 heavy (non-hydrogen) atoms. The number of benzene rings is 1. The Balaban J connectivity index is 1.58. The van der Waals surface area contributed by atoms with Crippen molar-refractivity contribution >= 4 is 11.6 Å². The molecule has 0 aromatic heterocycles. The number of unbranched alkanes of at least 4 members (excludes halogenated alkanes) is 1. The second kappa shape index (κ2) is 9.80. The molecule has 0 radical (unpaired) electrons. The molecule has 2 N–H and O–H groups in total. The third-order valence-corrected chi connectivity index (χ3v) is 4.74. The zero-order chi connectivity index (χ0) is 19.0. The van der Waals surface area contributed by atoms with Gasteiger partial charge in [0.05, 0.1) is 12.1 Å². The number of carbonyl (C=O) groups is 1. The molecule has 1 aliphatic rings. The lowest BCUT2D eigenvalue weighted by Gasteiger charge is -2.30. The maximum atomic E-state index is 12.6. The van der Waals surface area contributed by atoms with E-state index >= 15 is 0 Å². The maximum Gasteiger partial charge on any atom is 0.416 e. The molecule has 0 bridgehead atoms. The van der Waals surface area contributed by atoms with Crippen LogP contribution in [-0.4, -0.2) is 43.5 Å². The SMILES string of the molecule is CC1CCN(CCCCNC(=O)CNc2cccc(C(F)(F)F)c2)CC1. The predicted octanol–water partition coefficient (Wildman–Crippen LogP) is 3.75. The van der Waals surface area contributed by atoms with Gasteiger partial charge in [-0.3, -0.25) is 4.79 Å². The van der Waals surface area contributed by atoms with Gasteiger partial charge in [0.15, 0.2) is 0 Å². The van der Waals surface area contributed by atoms with Gasteiger partial charge in [0.25, 0.3) is 0 Å². The molecule has 0 saturated carbocycles. The molecule has 4 nitrogen and oxygen atoms in total. The lowest BCUT2D eigenvalue weighted by molar-refractivity contribution is -0.137. The summed E-state index contributed by atoms with van der Waals surface area (Å²) in [7, 11) is 0. The smallest absolute Gasteiger partial charge is 0.376 e. The highest BCUT2D eigenvalue weighted by atomic mass is 19.4. The molecule has 7 heteroatoms. The number of hydrogen-bond donors (Lipinski definition) is 2. The van der Waals surface area contributed by atoms with E-state index in [1.165, 1.54) is 25.0 Å². The molecule has 0 aliphatic carbocycles. The lowest BCUT2D eigenvalue weighted by Crippen LogP contribution is -2.34. The van der Waals surface area contributed by atoms with Gasteiger partial charge in [0, 0.05) is 12.2 Å². The van der Waals surface area contributed by atoms with Crippen LogP contribution in [0.4, 0.5) is 18.9 Å². The van der Waals surface area contributed by atoms with E-state index in [1.54, 1.807) is 0 Å². The van der Waals surface area contributed by atoms with Crippen LogP contribution in [0.5, 0.6) is 0 Å². The van der Waals surface area contributed by atoms with E-state index in [0.717, 1.165) is 50.5 Å². The van der Waals surface area contributed by atoms with Gasteiger partial charge >= 0.3 is 6.18 Å². The number of likely N-dealkylation sites (tertiary alicyclic amines) is 1. The van der Waals surface area contributed by atoms with E-state index < -0.39 is 11.7 Å². The summed E-state index contributed by atoms with van der Waals surface area (Å²) in [4.78, 5) is 14.3. The van der Waals surface area contributed by atoms with Crippen molar-refractivity contribution in [3.63, 3.8) is 0 Å². The first-order chi connectivity index (χ1) is 12.3. The monoisotopic (exact) mass is 371 g/mol. The van der Waals surface area contributed by atoms with Gasteiger partial charge in [0.1, 0.15) is 0 Å². The van der Waals surface area contributed by atoms with Gasteiger partial charge < -0.3 is 15.5 Å². The summed E-state index contributed by atoms with van der Waals surface area (Å²) in [5, 5.41) is 5.53. The first kappa shape index (κ1) is 20.6. The van der Waals surface area contributed by atoms with Crippen LogP contribution in [0.1, 0.15) is 38.2 Å². The summed E-state index contributed by atoms with van der Waals surface area (Å²) in [5.41, 5.74) is -0.440. The van der Waals surface area contributed by atoms with Gasteiger partial charge in [-0.2, -0.15) is 13.2 Å². The van der Waals surface area contributed by atoms with E-state index in [1.807, 2.05) is 0 Å². The fourth-order valence-electron chi connectivity index (χ4n) is 3.02. The van der Waals surface area contributed by atoms with E-state index in [2.05, 4.69) is 22.5 Å². The summed E-state index contributed by atoms with van der Waals surface area (Å²) in [6.07, 6.45) is 0.0826.